The van der Waals surface area contributed by atoms with Gasteiger partial charge >= 0.3 is 0 Å². The number of nitrogens with one attached hydrogen (secondary N) is 1. The largest absolute Gasteiger partial charge is 0.324 e. The van der Waals surface area contributed by atoms with E-state index in [1.54, 1.807) is 36.4 Å². The van der Waals surface area contributed by atoms with Gasteiger partial charge in [-0.1, -0.05) is 59.1 Å². The van der Waals surface area contributed by atoms with Gasteiger partial charge in [0.05, 0.1) is 22.2 Å². The van der Waals surface area contributed by atoms with Gasteiger partial charge in [-0.3, -0.25) is 4.79 Å². The number of amides is 1. The van der Waals surface area contributed by atoms with Crippen LogP contribution in [0.1, 0.15) is 11.1 Å². The average Bonchev–Trinajstić information content (AvgIpc) is 2.72. The van der Waals surface area contributed by atoms with E-state index in [0.29, 0.717) is 10.7 Å². The van der Waals surface area contributed by atoms with Gasteiger partial charge in [-0.25, -0.2) is 12.8 Å². The van der Waals surface area contributed by atoms with Gasteiger partial charge in [0.25, 0.3) is 0 Å². The minimum atomic E-state index is -4.13. The van der Waals surface area contributed by atoms with Gasteiger partial charge in [0.15, 0.2) is 0 Å². The molecule has 0 bridgehead atoms. The molecule has 0 radical (unpaired) electrons. The number of hydrogen-bond donors (Lipinski definition) is 1. The van der Waals surface area contributed by atoms with Gasteiger partial charge in [-0.2, -0.15) is 4.31 Å². The second kappa shape index (κ2) is 9.78. The monoisotopic (exact) mass is 480 g/mol. The SMILES string of the molecule is Cc1ccc(S(=O)(=O)N(CC(=O)Nc2ccccc2Cl)Cc2c(F)cccc2Cl)cc1. The van der Waals surface area contributed by atoms with Crippen molar-refractivity contribution in [2.45, 2.75) is 18.4 Å². The van der Waals surface area contributed by atoms with Gasteiger partial charge in [0, 0.05) is 17.1 Å². The van der Waals surface area contributed by atoms with Gasteiger partial charge in [0.2, 0.25) is 15.9 Å². The highest BCUT2D eigenvalue weighted by Crippen LogP contribution is 2.25. The molecule has 5 nitrogen and oxygen atoms in total. The van der Waals surface area contributed by atoms with Crippen LogP contribution in [0.5, 0.6) is 0 Å². The van der Waals surface area contributed by atoms with Crippen LogP contribution >= 0.6 is 23.2 Å². The van der Waals surface area contributed by atoms with Gasteiger partial charge < -0.3 is 5.32 Å². The first kappa shape index (κ1) is 23.2. The molecule has 162 valence electrons. The number of aryl methyl sites for hydroxylation is 1. The fourth-order valence-electron chi connectivity index (χ4n) is 2.86. The van der Waals surface area contributed by atoms with E-state index >= 15 is 0 Å². The maximum atomic E-state index is 14.4. The van der Waals surface area contributed by atoms with Crippen LogP contribution in [0.2, 0.25) is 10.0 Å². The first-order valence-electron chi connectivity index (χ1n) is 9.22. The standard InChI is InChI=1S/C22H19Cl2FN2O3S/c1-15-9-11-16(12-10-15)31(29,30)27(13-17-18(23)6-4-7-20(17)25)14-22(28)26-21-8-3-2-5-19(21)24/h2-12H,13-14H2,1H3,(H,26,28). The van der Waals surface area contributed by atoms with Gasteiger partial charge in [-0.15, -0.1) is 0 Å². The lowest BCUT2D eigenvalue weighted by Gasteiger charge is -2.23. The van der Waals surface area contributed by atoms with Crippen molar-refractivity contribution in [3.63, 3.8) is 0 Å². The van der Waals surface area contributed by atoms with Gasteiger partial charge in [0.1, 0.15) is 5.82 Å². The second-order valence-electron chi connectivity index (χ2n) is 6.81. The summed E-state index contributed by atoms with van der Waals surface area (Å²) in [5, 5.41) is 2.96. The summed E-state index contributed by atoms with van der Waals surface area (Å²) in [7, 11) is -4.13. The van der Waals surface area contributed by atoms with E-state index < -0.39 is 34.8 Å². The van der Waals surface area contributed by atoms with Crippen molar-refractivity contribution in [3.05, 3.63) is 93.7 Å². The van der Waals surface area contributed by atoms with Crippen LogP contribution in [0.3, 0.4) is 0 Å². The summed E-state index contributed by atoms with van der Waals surface area (Å²) in [6, 6.07) is 16.8. The summed E-state index contributed by atoms with van der Waals surface area (Å²) in [5.41, 5.74) is 1.19. The number of anilines is 1. The van der Waals surface area contributed by atoms with E-state index in [-0.39, 0.29) is 15.5 Å². The molecular formula is C22H19Cl2FN2O3S. The summed E-state index contributed by atoms with van der Waals surface area (Å²) >= 11 is 12.2. The topological polar surface area (TPSA) is 66.5 Å². The lowest BCUT2D eigenvalue weighted by Crippen LogP contribution is -2.38. The lowest BCUT2D eigenvalue weighted by atomic mass is 10.2. The highest BCUT2D eigenvalue weighted by atomic mass is 35.5. The molecule has 0 aliphatic carbocycles. The van der Waals surface area contributed by atoms with Crippen LogP contribution in [0.25, 0.3) is 0 Å². The zero-order valence-corrected chi connectivity index (χ0v) is 18.8. The molecule has 1 N–H and O–H groups in total. The molecule has 0 aliphatic rings. The smallest absolute Gasteiger partial charge is 0.243 e. The molecule has 0 unspecified atom stereocenters. The molecule has 3 rings (SSSR count). The Morgan fingerprint density at radius 2 is 1.61 bits per heavy atom. The molecule has 3 aromatic carbocycles. The number of carbonyl (C=O) groups excluding carboxylic acids is 1. The maximum absolute atomic E-state index is 14.4. The third kappa shape index (κ3) is 5.62. The Morgan fingerprint density at radius 3 is 2.26 bits per heavy atom. The quantitative estimate of drug-likeness (QED) is 0.500. The van der Waals surface area contributed by atoms with Crippen molar-refractivity contribution < 1.29 is 17.6 Å². The summed E-state index contributed by atoms with van der Waals surface area (Å²) in [5.74, 6) is -1.29. The molecule has 1 amide bonds. The Labute approximate surface area is 190 Å². The van der Waals surface area contributed by atoms with Crippen molar-refractivity contribution >= 4 is 44.8 Å². The Kier molecular flexibility index (Phi) is 7.33. The zero-order chi connectivity index (χ0) is 22.6. The summed E-state index contributed by atoms with van der Waals surface area (Å²) in [6.07, 6.45) is 0. The predicted molar refractivity (Wildman–Crippen MR) is 120 cm³/mol. The van der Waals surface area contributed by atoms with E-state index in [0.717, 1.165) is 9.87 Å². The first-order chi connectivity index (χ1) is 14.7. The summed E-state index contributed by atoms with van der Waals surface area (Å²) in [6.45, 7) is 0.841. The average molecular weight is 481 g/mol. The molecule has 31 heavy (non-hydrogen) atoms. The Morgan fingerprint density at radius 1 is 0.968 bits per heavy atom. The normalized spacial score (nSPS) is 11.5. The van der Waals surface area contributed by atoms with Crippen molar-refractivity contribution in [1.29, 1.82) is 0 Å². The molecule has 0 aliphatic heterocycles. The van der Waals surface area contributed by atoms with Crippen LogP contribution in [0.4, 0.5) is 10.1 Å². The van der Waals surface area contributed by atoms with Crippen LogP contribution < -0.4 is 5.32 Å². The summed E-state index contributed by atoms with van der Waals surface area (Å²) < 4.78 is 41.8. The van der Waals surface area contributed by atoms with Crippen LogP contribution in [0.15, 0.2) is 71.6 Å². The Balaban J connectivity index is 1.94. The van der Waals surface area contributed by atoms with Crippen molar-refractivity contribution in [1.82, 2.24) is 4.31 Å². The molecule has 9 heteroatoms. The van der Waals surface area contributed by atoms with Crippen LogP contribution in [-0.4, -0.2) is 25.2 Å². The van der Waals surface area contributed by atoms with Crippen molar-refractivity contribution in [3.8, 4) is 0 Å². The number of para-hydroxylation sites is 1. The number of nitrogens with zero attached hydrogens (tertiary/aromatic N) is 1. The molecule has 0 atom stereocenters. The van der Waals surface area contributed by atoms with E-state index in [9.17, 15) is 17.6 Å². The predicted octanol–water partition coefficient (Wildman–Crippen LogP) is 5.27. The van der Waals surface area contributed by atoms with Crippen molar-refractivity contribution in [2.24, 2.45) is 0 Å². The molecule has 0 heterocycles. The zero-order valence-electron chi connectivity index (χ0n) is 16.5. The molecule has 0 saturated heterocycles. The summed E-state index contributed by atoms with van der Waals surface area (Å²) in [4.78, 5) is 12.6. The highest BCUT2D eigenvalue weighted by molar-refractivity contribution is 7.89. The number of sulfonamides is 1. The van der Waals surface area contributed by atoms with Crippen LogP contribution in [-0.2, 0) is 21.4 Å². The maximum Gasteiger partial charge on any atom is 0.243 e. The van der Waals surface area contributed by atoms with E-state index in [2.05, 4.69) is 5.32 Å². The Bertz CT molecular complexity index is 1180. The van der Waals surface area contributed by atoms with Gasteiger partial charge in [-0.05, 0) is 43.3 Å². The minimum absolute atomic E-state index is 0.0175. The fraction of sp³-hybridized carbons (Fsp3) is 0.136. The molecule has 0 spiro atoms. The molecular weight excluding hydrogens is 462 g/mol. The molecule has 0 aromatic heterocycles. The third-order valence-electron chi connectivity index (χ3n) is 4.52. The number of rotatable bonds is 7. The number of hydrogen-bond acceptors (Lipinski definition) is 3. The lowest BCUT2D eigenvalue weighted by molar-refractivity contribution is -0.116. The van der Waals surface area contributed by atoms with Crippen LogP contribution in [0, 0.1) is 12.7 Å². The number of carbonyl (C=O) groups is 1. The third-order valence-corrected chi connectivity index (χ3v) is 7.01. The van der Waals surface area contributed by atoms with E-state index in [1.165, 1.54) is 30.3 Å². The molecule has 0 fully saturated rings. The van der Waals surface area contributed by atoms with E-state index in [1.807, 2.05) is 6.92 Å². The number of halogens is 3. The second-order valence-corrected chi connectivity index (χ2v) is 9.57. The number of benzene rings is 3. The first-order valence-corrected chi connectivity index (χ1v) is 11.4. The minimum Gasteiger partial charge on any atom is -0.324 e. The molecule has 0 saturated carbocycles. The fourth-order valence-corrected chi connectivity index (χ4v) is 4.63. The molecule has 3 aromatic rings. The highest BCUT2D eigenvalue weighted by Gasteiger charge is 2.28. The van der Waals surface area contributed by atoms with E-state index in [4.69, 9.17) is 23.2 Å². The Hall–Kier alpha value is -2.45. The van der Waals surface area contributed by atoms with Crippen molar-refractivity contribution in [2.75, 3.05) is 11.9 Å².